The van der Waals surface area contributed by atoms with Crippen molar-refractivity contribution in [3.05, 3.63) is 65.7 Å². The molecular weight excluding hydrogens is 518 g/mol. The van der Waals surface area contributed by atoms with Crippen molar-refractivity contribution in [1.29, 1.82) is 0 Å². The normalized spacial score (nSPS) is 15.9. The first-order valence-corrected chi connectivity index (χ1v) is 12.3. The average Bonchev–Trinajstić information content (AvgIpc) is 3.39. The standard InChI is InChI=1S/C26H27F4N7O2/c1-26(2,39)23(38)20-10-19-21(12-31-20)34-24(22(33-19)16-11-32-37(14-16)25(29)30)36-7-5-35(6-8-36)13-15-3-4-17(27)9-18(15)28/h3-4,9-12,14,23,25,38-39H,5-8,13H2,1-2H3/t23-/m1/s1. The highest BCUT2D eigenvalue weighted by atomic mass is 19.3. The van der Waals surface area contributed by atoms with Crippen molar-refractivity contribution in [1.82, 2.24) is 29.6 Å². The fraction of sp³-hybridized carbons (Fsp3) is 0.385. The maximum Gasteiger partial charge on any atom is 0.333 e. The van der Waals surface area contributed by atoms with Gasteiger partial charge in [-0.1, -0.05) is 6.07 Å². The van der Waals surface area contributed by atoms with Crippen molar-refractivity contribution >= 4 is 16.9 Å². The van der Waals surface area contributed by atoms with Gasteiger partial charge in [0.05, 0.1) is 29.2 Å². The molecule has 39 heavy (non-hydrogen) atoms. The summed E-state index contributed by atoms with van der Waals surface area (Å²) in [6, 6.07) is 5.03. The van der Waals surface area contributed by atoms with Gasteiger partial charge in [0.2, 0.25) is 0 Å². The van der Waals surface area contributed by atoms with Crippen LogP contribution in [0.5, 0.6) is 0 Å². The van der Waals surface area contributed by atoms with E-state index in [1.807, 2.05) is 9.80 Å². The van der Waals surface area contributed by atoms with Crippen LogP contribution in [0.1, 0.15) is 37.8 Å². The molecule has 1 aromatic carbocycles. The molecule has 0 unspecified atom stereocenters. The lowest BCUT2D eigenvalue weighted by molar-refractivity contribution is -0.0516. The third-order valence-electron chi connectivity index (χ3n) is 6.66. The van der Waals surface area contributed by atoms with E-state index in [2.05, 4.69) is 10.1 Å². The lowest BCUT2D eigenvalue weighted by Crippen LogP contribution is -2.46. The van der Waals surface area contributed by atoms with Crippen molar-refractivity contribution in [2.24, 2.45) is 0 Å². The minimum atomic E-state index is -2.83. The molecule has 9 nitrogen and oxygen atoms in total. The Morgan fingerprint density at radius 3 is 2.38 bits per heavy atom. The SMILES string of the molecule is CC(C)(O)[C@H](O)c1cc2nc(-c3cnn(C(F)F)c3)c(N3CCN(Cc4ccc(F)cc4F)CC3)nc2cn1. The number of aliphatic hydroxyl groups excluding tert-OH is 1. The van der Waals surface area contributed by atoms with E-state index < -0.39 is 29.9 Å². The summed E-state index contributed by atoms with van der Waals surface area (Å²) >= 11 is 0. The van der Waals surface area contributed by atoms with Crippen molar-refractivity contribution in [2.75, 3.05) is 31.1 Å². The van der Waals surface area contributed by atoms with Gasteiger partial charge in [0.15, 0.2) is 5.82 Å². The Labute approximate surface area is 221 Å². The zero-order valence-electron chi connectivity index (χ0n) is 21.3. The summed E-state index contributed by atoms with van der Waals surface area (Å²) in [6.45, 7) is 2.45. The third-order valence-corrected chi connectivity index (χ3v) is 6.66. The summed E-state index contributed by atoms with van der Waals surface area (Å²) < 4.78 is 54.5. The Morgan fingerprint density at radius 1 is 1.00 bits per heavy atom. The molecule has 1 aliphatic rings. The molecule has 2 N–H and O–H groups in total. The van der Waals surface area contributed by atoms with E-state index in [4.69, 9.17) is 9.97 Å². The van der Waals surface area contributed by atoms with Crippen LogP contribution in [0, 0.1) is 11.6 Å². The molecule has 4 heterocycles. The number of aliphatic hydroxyl groups is 2. The number of benzene rings is 1. The summed E-state index contributed by atoms with van der Waals surface area (Å²) in [5.74, 6) is -0.783. The van der Waals surface area contributed by atoms with Crippen LogP contribution in [-0.2, 0) is 6.54 Å². The largest absolute Gasteiger partial charge is 0.387 e. The molecule has 1 atom stereocenters. The van der Waals surface area contributed by atoms with E-state index in [9.17, 15) is 27.8 Å². The molecule has 0 radical (unpaired) electrons. The highest BCUT2D eigenvalue weighted by Crippen LogP contribution is 2.32. The van der Waals surface area contributed by atoms with Crippen molar-refractivity contribution in [2.45, 2.75) is 38.6 Å². The molecular formula is C26H27F4N7O2. The Morgan fingerprint density at radius 2 is 1.74 bits per heavy atom. The summed E-state index contributed by atoms with van der Waals surface area (Å²) in [4.78, 5) is 17.7. The summed E-state index contributed by atoms with van der Waals surface area (Å²) in [5, 5.41) is 24.4. The van der Waals surface area contributed by atoms with Crippen LogP contribution in [0.3, 0.4) is 0 Å². The van der Waals surface area contributed by atoms with E-state index in [-0.39, 0.29) is 5.69 Å². The van der Waals surface area contributed by atoms with Crippen molar-refractivity contribution in [3.63, 3.8) is 0 Å². The van der Waals surface area contributed by atoms with Crippen LogP contribution in [0.2, 0.25) is 0 Å². The van der Waals surface area contributed by atoms with Gasteiger partial charge in [0.25, 0.3) is 0 Å². The zero-order chi connectivity index (χ0) is 27.9. The third kappa shape index (κ3) is 5.70. The highest BCUT2D eigenvalue weighted by molar-refractivity contribution is 5.83. The molecule has 0 aliphatic carbocycles. The van der Waals surface area contributed by atoms with Gasteiger partial charge < -0.3 is 15.1 Å². The molecule has 1 fully saturated rings. The first-order valence-electron chi connectivity index (χ1n) is 12.3. The second-order valence-corrected chi connectivity index (χ2v) is 10.0. The number of fused-ring (bicyclic) bond motifs is 1. The van der Waals surface area contributed by atoms with Gasteiger partial charge in [-0.15, -0.1) is 0 Å². The highest BCUT2D eigenvalue weighted by Gasteiger charge is 2.29. The van der Waals surface area contributed by atoms with E-state index in [0.717, 1.165) is 6.07 Å². The average molecular weight is 546 g/mol. The number of halogens is 4. The molecule has 0 amide bonds. The lowest BCUT2D eigenvalue weighted by Gasteiger charge is -2.36. The predicted molar refractivity (Wildman–Crippen MR) is 135 cm³/mol. The minimum absolute atomic E-state index is 0.188. The Bertz CT molecular complexity index is 1480. The minimum Gasteiger partial charge on any atom is -0.387 e. The lowest BCUT2D eigenvalue weighted by atomic mass is 9.98. The van der Waals surface area contributed by atoms with Gasteiger partial charge in [-0.25, -0.2) is 23.4 Å². The first-order chi connectivity index (χ1) is 18.5. The van der Waals surface area contributed by atoms with E-state index in [1.165, 1.54) is 50.6 Å². The number of piperazine rings is 1. The number of hydrogen-bond acceptors (Lipinski definition) is 8. The molecule has 0 saturated carbocycles. The quantitative estimate of drug-likeness (QED) is 0.339. The maximum absolute atomic E-state index is 14.1. The number of alkyl halides is 2. The van der Waals surface area contributed by atoms with Crippen LogP contribution in [-0.4, -0.2) is 71.6 Å². The molecule has 4 aromatic rings. The molecule has 0 spiro atoms. The van der Waals surface area contributed by atoms with Crippen LogP contribution < -0.4 is 4.90 Å². The Hall–Kier alpha value is -3.68. The second-order valence-electron chi connectivity index (χ2n) is 10.0. The van der Waals surface area contributed by atoms with E-state index in [1.54, 1.807) is 0 Å². The number of pyridine rings is 1. The molecule has 5 rings (SSSR count). The van der Waals surface area contributed by atoms with Crippen LogP contribution in [0.25, 0.3) is 22.3 Å². The Balaban J connectivity index is 1.46. The summed E-state index contributed by atoms with van der Waals surface area (Å²) in [5.41, 5.74) is 0.554. The fourth-order valence-electron chi connectivity index (χ4n) is 4.47. The first kappa shape index (κ1) is 26.9. The molecule has 1 aliphatic heterocycles. The van der Waals surface area contributed by atoms with E-state index >= 15 is 0 Å². The molecule has 13 heteroatoms. The van der Waals surface area contributed by atoms with Gasteiger partial charge in [-0.2, -0.15) is 13.9 Å². The fourth-order valence-corrected chi connectivity index (χ4v) is 4.47. The molecule has 206 valence electrons. The Kier molecular flexibility index (Phi) is 7.23. The van der Waals surface area contributed by atoms with Crippen LogP contribution in [0.4, 0.5) is 23.4 Å². The number of hydrogen-bond donors (Lipinski definition) is 2. The summed E-state index contributed by atoms with van der Waals surface area (Å²) in [6.07, 6.45) is 2.63. The molecule has 0 bridgehead atoms. The van der Waals surface area contributed by atoms with E-state index in [0.29, 0.717) is 71.1 Å². The number of aromatic nitrogens is 5. The van der Waals surface area contributed by atoms with Crippen molar-refractivity contribution in [3.8, 4) is 11.3 Å². The number of rotatable bonds is 7. The van der Waals surface area contributed by atoms with Gasteiger partial charge in [0, 0.05) is 56.1 Å². The van der Waals surface area contributed by atoms with Gasteiger partial charge in [0.1, 0.15) is 28.9 Å². The smallest absolute Gasteiger partial charge is 0.333 e. The monoisotopic (exact) mass is 545 g/mol. The topological polar surface area (TPSA) is 103 Å². The predicted octanol–water partition coefficient (Wildman–Crippen LogP) is 3.69. The maximum atomic E-state index is 14.1. The molecule has 3 aromatic heterocycles. The summed E-state index contributed by atoms with van der Waals surface area (Å²) in [7, 11) is 0. The van der Waals surface area contributed by atoms with Crippen molar-refractivity contribution < 1.29 is 27.8 Å². The van der Waals surface area contributed by atoms with Gasteiger partial charge in [-0.3, -0.25) is 9.88 Å². The molecule has 1 saturated heterocycles. The van der Waals surface area contributed by atoms with Crippen LogP contribution in [0.15, 0.2) is 42.9 Å². The van der Waals surface area contributed by atoms with Crippen LogP contribution >= 0.6 is 0 Å². The number of anilines is 1. The van der Waals surface area contributed by atoms with Gasteiger partial charge >= 0.3 is 6.55 Å². The second kappa shape index (κ2) is 10.5. The number of nitrogens with zero attached hydrogens (tertiary/aromatic N) is 7. The zero-order valence-corrected chi connectivity index (χ0v) is 21.3. The van der Waals surface area contributed by atoms with Gasteiger partial charge in [-0.05, 0) is 26.0 Å².